The highest BCUT2D eigenvalue weighted by molar-refractivity contribution is 5.17. The Morgan fingerprint density at radius 2 is 1.86 bits per heavy atom. The fourth-order valence-electron chi connectivity index (χ4n) is 3.13. The lowest BCUT2D eigenvalue weighted by Crippen LogP contribution is -2.48. The molecule has 1 N–H and O–H groups in total. The number of ether oxygens (including phenoxy) is 2. The quantitative estimate of drug-likeness (QED) is 0.841. The summed E-state index contributed by atoms with van der Waals surface area (Å²) in [6.45, 7) is 9.02. The molecular formula is C18H29NO3. The Morgan fingerprint density at radius 1 is 1.23 bits per heavy atom. The van der Waals surface area contributed by atoms with Gasteiger partial charge in [-0.3, -0.25) is 4.90 Å². The van der Waals surface area contributed by atoms with Crippen molar-refractivity contribution >= 4 is 0 Å². The molecule has 1 saturated heterocycles. The fourth-order valence-corrected chi connectivity index (χ4v) is 3.13. The predicted octanol–water partition coefficient (Wildman–Crippen LogP) is 2.62. The highest BCUT2D eigenvalue weighted by Gasteiger charge is 2.24. The minimum atomic E-state index is -0.463. The average molecular weight is 307 g/mol. The maximum atomic E-state index is 10.3. The third kappa shape index (κ3) is 5.36. The number of benzene rings is 1. The number of morpholine rings is 1. The maximum absolute atomic E-state index is 10.3. The first-order valence-corrected chi connectivity index (χ1v) is 8.31. The van der Waals surface area contributed by atoms with Gasteiger partial charge in [-0.05, 0) is 25.8 Å². The van der Waals surface area contributed by atoms with Crippen molar-refractivity contribution in [2.45, 2.75) is 51.6 Å². The number of β-amino-alcohol motifs (C(OH)–C–C–N with tert-alkyl or cyclic N) is 1. The van der Waals surface area contributed by atoms with E-state index in [0.717, 1.165) is 19.5 Å². The molecule has 1 fully saturated rings. The van der Waals surface area contributed by atoms with E-state index in [2.05, 4.69) is 37.8 Å². The standard InChI is InChI=1S/C18H29NO3/c1-4-18(16-8-6-5-7-9-16)21-13-17(20)12-19-10-14(2)22-15(3)11-19/h5-9,14-15,17-18,20H,4,10-13H2,1-3H3/t14-,15+,17-,18-/m0/s1. The summed E-state index contributed by atoms with van der Waals surface area (Å²) in [5.74, 6) is 0. The van der Waals surface area contributed by atoms with Crippen LogP contribution in [0.4, 0.5) is 0 Å². The normalized spacial score (nSPS) is 25.8. The van der Waals surface area contributed by atoms with E-state index >= 15 is 0 Å². The van der Waals surface area contributed by atoms with E-state index in [1.807, 2.05) is 18.2 Å². The van der Waals surface area contributed by atoms with Crippen molar-refractivity contribution in [3.63, 3.8) is 0 Å². The Kier molecular flexibility index (Phi) is 6.83. The van der Waals surface area contributed by atoms with E-state index < -0.39 is 6.10 Å². The van der Waals surface area contributed by atoms with Gasteiger partial charge in [0.05, 0.1) is 31.0 Å². The van der Waals surface area contributed by atoms with Gasteiger partial charge < -0.3 is 14.6 Å². The Labute approximate surface area is 134 Å². The minimum Gasteiger partial charge on any atom is -0.389 e. The van der Waals surface area contributed by atoms with Crippen LogP contribution in [0, 0.1) is 0 Å². The summed E-state index contributed by atoms with van der Waals surface area (Å²) < 4.78 is 11.6. The van der Waals surface area contributed by atoms with Crippen LogP contribution in [0.25, 0.3) is 0 Å². The maximum Gasteiger partial charge on any atom is 0.0900 e. The van der Waals surface area contributed by atoms with Gasteiger partial charge >= 0.3 is 0 Å². The van der Waals surface area contributed by atoms with Crippen LogP contribution < -0.4 is 0 Å². The van der Waals surface area contributed by atoms with Gasteiger partial charge in [0.15, 0.2) is 0 Å². The van der Waals surface area contributed by atoms with Crippen molar-refractivity contribution in [3.8, 4) is 0 Å². The fraction of sp³-hybridized carbons (Fsp3) is 0.667. The van der Waals surface area contributed by atoms with Gasteiger partial charge in [0.25, 0.3) is 0 Å². The number of aliphatic hydroxyl groups excluding tert-OH is 1. The van der Waals surface area contributed by atoms with Crippen molar-refractivity contribution < 1.29 is 14.6 Å². The number of rotatable bonds is 7. The second-order valence-electron chi connectivity index (χ2n) is 6.27. The Hall–Kier alpha value is -0.940. The molecule has 1 aromatic carbocycles. The first kappa shape index (κ1) is 17.4. The predicted molar refractivity (Wildman–Crippen MR) is 87.9 cm³/mol. The number of hydrogen-bond donors (Lipinski definition) is 1. The Bertz CT molecular complexity index is 416. The van der Waals surface area contributed by atoms with Crippen LogP contribution in [0.2, 0.25) is 0 Å². The van der Waals surface area contributed by atoms with Crippen LogP contribution in [-0.4, -0.2) is 54.6 Å². The van der Waals surface area contributed by atoms with Gasteiger partial charge in [-0.25, -0.2) is 0 Å². The van der Waals surface area contributed by atoms with E-state index in [-0.39, 0.29) is 18.3 Å². The summed E-state index contributed by atoms with van der Waals surface area (Å²) in [6, 6.07) is 10.2. The smallest absolute Gasteiger partial charge is 0.0900 e. The van der Waals surface area contributed by atoms with Crippen molar-refractivity contribution in [3.05, 3.63) is 35.9 Å². The summed E-state index contributed by atoms with van der Waals surface area (Å²) in [5, 5.41) is 10.3. The second kappa shape index (κ2) is 8.63. The molecule has 1 aliphatic rings. The summed E-state index contributed by atoms with van der Waals surface area (Å²) >= 11 is 0. The lowest BCUT2D eigenvalue weighted by Gasteiger charge is -2.36. The van der Waals surface area contributed by atoms with Gasteiger partial charge in [0.2, 0.25) is 0 Å². The molecule has 2 rings (SSSR count). The average Bonchev–Trinajstić information content (AvgIpc) is 2.48. The molecule has 1 aliphatic heterocycles. The van der Waals surface area contributed by atoms with Gasteiger partial charge in [0, 0.05) is 19.6 Å². The van der Waals surface area contributed by atoms with E-state index in [9.17, 15) is 5.11 Å². The molecule has 0 spiro atoms. The zero-order valence-electron chi connectivity index (χ0n) is 13.9. The van der Waals surface area contributed by atoms with E-state index in [1.54, 1.807) is 0 Å². The van der Waals surface area contributed by atoms with Crippen LogP contribution in [0.5, 0.6) is 0 Å². The van der Waals surface area contributed by atoms with Crippen molar-refractivity contribution in [2.24, 2.45) is 0 Å². The van der Waals surface area contributed by atoms with Crippen LogP contribution in [-0.2, 0) is 9.47 Å². The molecule has 124 valence electrons. The molecule has 4 atom stereocenters. The number of aliphatic hydroxyl groups is 1. The van der Waals surface area contributed by atoms with Crippen LogP contribution in [0.1, 0.15) is 38.9 Å². The van der Waals surface area contributed by atoms with Crippen molar-refractivity contribution in [2.75, 3.05) is 26.2 Å². The van der Waals surface area contributed by atoms with Crippen LogP contribution >= 0.6 is 0 Å². The Morgan fingerprint density at radius 3 is 2.45 bits per heavy atom. The first-order chi connectivity index (χ1) is 10.6. The molecule has 1 aromatic rings. The summed E-state index contributed by atoms with van der Waals surface area (Å²) in [7, 11) is 0. The SMILES string of the molecule is CC[C@H](OC[C@@H](O)CN1C[C@@H](C)O[C@@H](C)C1)c1ccccc1. The first-order valence-electron chi connectivity index (χ1n) is 8.31. The highest BCUT2D eigenvalue weighted by atomic mass is 16.5. The van der Waals surface area contributed by atoms with Crippen molar-refractivity contribution in [1.82, 2.24) is 4.90 Å². The molecule has 0 bridgehead atoms. The number of nitrogens with zero attached hydrogens (tertiary/aromatic N) is 1. The zero-order valence-corrected chi connectivity index (χ0v) is 13.9. The highest BCUT2D eigenvalue weighted by Crippen LogP contribution is 2.21. The minimum absolute atomic E-state index is 0.0541. The van der Waals surface area contributed by atoms with Gasteiger partial charge in [-0.15, -0.1) is 0 Å². The largest absolute Gasteiger partial charge is 0.389 e. The molecule has 0 amide bonds. The van der Waals surface area contributed by atoms with Crippen LogP contribution in [0.3, 0.4) is 0 Å². The summed E-state index contributed by atoms with van der Waals surface area (Å²) in [5.41, 5.74) is 1.17. The summed E-state index contributed by atoms with van der Waals surface area (Å²) in [4.78, 5) is 2.26. The molecule has 4 heteroatoms. The lowest BCUT2D eigenvalue weighted by atomic mass is 10.1. The van der Waals surface area contributed by atoms with Gasteiger partial charge in [0.1, 0.15) is 0 Å². The van der Waals surface area contributed by atoms with E-state index in [1.165, 1.54) is 5.56 Å². The molecular weight excluding hydrogens is 278 g/mol. The van der Waals surface area contributed by atoms with Crippen molar-refractivity contribution in [1.29, 1.82) is 0 Å². The molecule has 0 radical (unpaired) electrons. The monoisotopic (exact) mass is 307 g/mol. The molecule has 22 heavy (non-hydrogen) atoms. The number of hydrogen-bond acceptors (Lipinski definition) is 4. The molecule has 1 heterocycles. The zero-order chi connectivity index (χ0) is 15.9. The summed E-state index contributed by atoms with van der Waals surface area (Å²) in [6.07, 6.45) is 0.949. The molecule has 0 aromatic heterocycles. The molecule has 0 unspecified atom stereocenters. The molecule has 0 saturated carbocycles. The Balaban J connectivity index is 1.78. The van der Waals surface area contributed by atoms with E-state index in [4.69, 9.17) is 9.47 Å². The molecule has 0 aliphatic carbocycles. The van der Waals surface area contributed by atoms with Gasteiger partial charge in [-0.1, -0.05) is 37.3 Å². The van der Waals surface area contributed by atoms with E-state index in [0.29, 0.717) is 13.2 Å². The topological polar surface area (TPSA) is 41.9 Å². The third-order valence-corrected chi connectivity index (χ3v) is 4.00. The van der Waals surface area contributed by atoms with Crippen LogP contribution in [0.15, 0.2) is 30.3 Å². The van der Waals surface area contributed by atoms with Gasteiger partial charge in [-0.2, -0.15) is 0 Å². The molecule has 4 nitrogen and oxygen atoms in total. The lowest BCUT2D eigenvalue weighted by molar-refractivity contribution is -0.0861. The third-order valence-electron chi connectivity index (χ3n) is 4.00. The second-order valence-corrected chi connectivity index (χ2v) is 6.27.